The van der Waals surface area contributed by atoms with Crippen molar-refractivity contribution >= 4 is 17.1 Å². The molecule has 0 fully saturated rings. The Bertz CT molecular complexity index is 2860. The Morgan fingerprint density at radius 3 is 1.34 bits per heavy atom. The molecule has 0 atom stereocenters. The molecule has 0 unspecified atom stereocenters. The number of hydrogen-bond donors (Lipinski definition) is 0. The molecule has 3 aliphatic carbocycles. The highest BCUT2D eigenvalue weighted by Gasteiger charge is 2.42. The fourth-order valence-electron chi connectivity index (χ4n) is 10.9. The smallest absolute Gasteiger partial charge is 0.0543 e. The first-order chi connectivity index (χ1) is 28.0. The quantitative estimate of drug-likeness (QED) is 0.170. The highest BCUT2D eigenvalue weighted by atomic mass is 15.1. The van der Waals surface area contributed by atoms with Gasteiger partial charge >= 0.3 is 0 Å². The first-order valence-corrected chi connectivity index (χ1v) is 20.8. The molecule has 0 radical (unpaired) electrons. The van der Waals surface area contributed by atoms with E-state index in [-0.39, 0.29) is 16.2 Å². The topological polar surface area (TPSA) is 3.24 Å². The summed E-state index contributed by atoms with van der Waals surface area (Å²) in [6.45, 7) is 14.4. The molecule has 0 amide bonds. The van der Waals surface area contributed by atoms with Gasteiger partial charge < -0.3 is 4.90 Å². The van der Waals surface area contributed by atoms with E-state index in [4.69, 9.17) is 0 Å². The average molecular weight is 746 g/mol. The Kier molecular flexibility index (Phi) is 7.36. The van der Waals surface area contributed by atoms with Crippen molar-refractivity contribution in [3.63, 3.8) is 0 Å². The van der Waals surface area contributed by atoms with E-state index in [0.29, 0.717) is 0 Å². The third kappa shape index (κ3) is 4.83. The summed E-state index contributed by atoms with van der Waals surface area (Å²) in [5.74, 6) is 0. The van der Waals surface area contributed by atoms with Crippen LogP contribution in [0.25, 0.3) is 55.6 Å². The first-order valence-electron chi connectivity index (χ1n) is 20.8. The third-order valence-corrected chi connectivity index (χ3v) is 13.8. The number of hydrogen-bond acceptors (Lipinski definition) is 1. The molecule has 1 heteroatoms. The normalized spacial score (nSPS) is 15.5. The summed E-state index contributed by atoms with van der Waals surface area (Å²) in [7, 11) is 0. The third-order valence-electron chi connectivity index (χ3n) is 13.8. The van der Waals surface area contributed by atoms with Crippen molar-refractivity contribution in [2.45, 2.75) is 57.8 Å². The molecule has 0 bridgehead atoms. The lowest BCUT2D eigenvalue weighted by Crippen LogP contribution is -2.19. The van der Waals surface area contributed by atoms with E-state index in [0.717, 1.165) is 0 Å². The van der Waals surface area contributed by atoms with Gasteiger partial charge in [0.05, 0.1) is 5.69 Å². The van der Waals surface area contributed by atoms with Crippen molar-refractivity contribution in [3.05, 3.63) is 209 Å². The van der Waals surface area contributed by atoms with Crippen molar-refractivity contribution in [1.82, 2.24) is 0 Å². The standard InChI is InChI=1S/C57H47N/c1-55(2)47-24-15-13-22-41(47)43-30-28-39(34-50(43)55)58(40-29-31-44-42-23-14-16-25-48(42)56(3,4)51(44)35-40)52-27-17-26-49-53(52)46-33-38(36-18-9-7-10-19-36)32-45(54(46)57(49,5)6)37-20-11-8-12-21-37/h7-35H,1-6H3. The molecule has 8 aromatic rings. The SMILES string of the molecule is CC1(C)c2ccccc2-c2ccc(N(c3ccc4c(c3)C(C)(C)c3ccccc3-4)c3cccc4c3-c3cc(-c5ccccc5)cc(-c5ccccc5)c3C4(C)C)cc21. The Labute approximate surface area is 343 Å². The van der Waals surface area contributed by atoms with E-state index in [1.54, 1.807) is 0 Å². The highest BCUT2D eigenvalue weighted by Crippen LogP contribution is 2.59. The van der Waals surface area contributed by atoms with Crippen LogP contribution in [0.2, 0.25) is 0 Å². The minimum Gasteiger partial charge on any atom is -0.310 e. The molecule has 0 saturated carbocycles. The van der Waals surface area contributed by atoms with Gasteiger partial charge in [-0.05, 0) is 126 Å². The predicted octanol–water partition coefficient (Wildman–Crippen LogP) is 15.4. The van der Waals surface area contributed by atoms with E-state index in [1.165, 1.54) is 106 Å². The van der Waals surface area contributed by atoms with Crippen molar-refractivity contribution < 1.29 is 0 Å². The fourth-order valence-corrected chi connectivity index (χ4v) is 10.9. The van der Waals surface area contributed by atoms with Crippen LogP contribution in [0.15, 0.2) is 176 Å². The molecule has 0 aromatic heterocycles. The van der Waals surface area contributed by atoms with Gasteiger partial charge in [-0.2, -0.15) is 0 Å². The van der Waals surface area contributed by atoms with Crippen molar-refractivity contribution in [3.8, 4) is 55.6 Å². The minimum absolute atomic E-state index is 0.127. The van der Waals surface area contributed by atoms with E-state index >= 15 is 0 Å². The maximum atomic E-state index is 2.57. The summed E-state index contributed by atoms with van der Waals surface area (Å²) in [4.78, 5) is 2.57. The molecule has 0 spiro atoms. The van der Waals surface area contributed by atoms with Crippen molar-refractivity contribution in [1.29, 1.82) is 0 Å². The van der Waals surface area contributed by atoms with Crippen LogP contribution in [0.4, 0.5) is 17.1 Å². The molecule has 0 saturated heterocycles. The molecular formula is C57H47N. The molecule has 0 aliphatic heterocycles. The maximum Gasteiger partial charge on any atom is 0.0543 e. The van der Waals surface area contributed by atoms with Gasteiger partial charge in [0.25, 0.3) is 0 Å². The zero-order valence-electron chi connectivity index (χ0n) is 34.2. The Balaban J connectivity index is 1.20. The largest absolute Gasteiger partial charge is 0.310 e. The van der Waals surface area contributed by atoms with Crippen LogP contribution < -0.4 is 4.90 Å². The lowest BCUT2D eigenvalue weighted by atomic mass is 9.78. The molecule has 1 nitrogen and oxygen atoms in total. The Hall–Kier alpha value is -6.44. The van der Waals surface area contributed by atoms with Gasteiger partial charge in [0.15, 0.2) is 0 Å². The molecule has 0 N–H and O–H groups in total. The minimum atomic E-state index is -0.240. The van der Waals surface area contributed by atoms with Crippen molar-refractivity contribution in [2.24, 2.45) is 0 Å². The Morgan fingerprint density at radius 1 is 0.310 bits per heavy atom. The summed E-state index contributed by atoms with van der Waals surface area (Å²) in [5.41, 5.74) is 24.3. The lowest BCUT2D eigenvalue weighted by molar-refractivity contribution is 0.660. The summed E-state index contributed by atoms with van der Waals surface area (Å²) < 4.78 is 0. The van der Waals surface area contributed by atoms with Crippen LogP contribution in [-0.2, 0) is 16.2 Å². The molecule has 0 heterocycles. The molecule has 11 rings (SSSR count). The van der Waals surface area contributed by atoms with Gasteiger partial charge in [0.1, 0.15) is 0 Å². The molecular weight excluding hydrogens is 699 g/mol. The van der Waals surface area contributed by atoms with Gasteiger partial charge in [-0.25, -0.2) is 0 Å². The maximum absolute atomic E-state index is 2.57. The second kappa shape index (κ2) is 12.3. The number of fused-ring (bicyclic) bond motifs is 9. The van der Waals surface area contributed by atoms with Crippen LogP contribution in [0, 0.1) is 0 Å². The molecule has 280 valence electrons. The lowest BCUT2D eigenvalue weighted by Gasteiger charge is -2.31. The number of benzene rings is 8. The fraction of sp³-hybridized carbons (Fsp3) is 0.158. The number of nitrogens with zero attached hydrogens (tertiary/aromatic N) is 1. The summed E-state index contributed by atoms with van der Waals surface area (Å²) in [6.07, 6.45) is 0. The second-order valence-corrected chi connectivity index (χ2v) is 18.1. The van der Waals surface area contributed by atoms with Gasteiger partial charge in [-0.3, -0.25) is 0 Å². The van der Waals surface area contributed by atoms with Gasteiger partial charge in [0, 0.05) is 33.2 Å². The number of anilines is 3. The second-order valence-electron chi connectivity index (χ2n) is 18.1. The first kappa shape index (κ1) is 34.8. The van der Waals surface area contributed by atoms with E-state index in [2.05, 4.69) is 222 Å². The predicted molar refractivity (Wildman–Crippen MR) is 245 cm³/mol. The van der Waals surface area contributed by atoms with E-state index in [1.807, 2.05) is 0 Å². The monoisotopic (exact) mass is 745 g/mol. The zero-order valence-corrected chi connectivity index (χ0v) is 34.2. The van der Waals surface area contributed by atoms with Crippen LogP contribution in [0.3, 0.4) is 0 Å². The highest BCUT2D eigenvalue weighted by molar-refractivity contribution is 6.00. The van der Waals surface area contributed by atoms with Crippen LogP contribution >= 0.6 is 0 Å². The molecule has 3 aliphatic rings. The van der Waals surface area contributed by atoms with Gasteiger partial charge in [0.2, 0.25) is 0 Å². The van der Waals surface area contributed by atoms with Crippen LogP contribution in [0.1, 0.15) is 74.9 Å². The average Bonchev–Trinajstić information content (AvgIpc) is 3.74. The zero-order chi connectivity index (χ0) is 39.6. The van der Waals surface area contributed by atoms with Crippen LogP contribution in [0.5, 0.6) is 0 Å². The summed E-state index contributed by atoms with van der Waals surface area (Å²) >= 11 is 0. The van der Waals surface area contributed by atoms with Gasteiger partial charge in [-0.15, -0.1) is 0 Å². The van der Waals surface area contributed by atoms with Crippen molar-refractivity contribution in [2.75, 3.05) is 4.90 Å². The van der Waals surface area contributed by atoms with Gasteiger partial charge in [-0.1, -0.05) is 175 Å². The molecule has 58 heavy (non-hydrogen) atoms. The van der Waals surface area contributed by atoms with E-state index in [9.17, 15) is 0 Å². The Morgan fingerprint density at radius 2 is 0.776 bits per heavy atom. The van der Waals surface area contributed by atoms with Crippen LogP contribution in [-0.4, -0.2) is 0 Å². The summed E-state index contributed by atoms with van der Waals surface area (Å²) in [6, 6.07) is 66.2. The van der Waals surface area contributed by atoms with E-state index < -0.39 is 0 Å². The summed E-state index contributed by atoms with van der Waals surface area (Å²) in [5, 5.41) is 0. The number of rotatable bonds is 5. The molecule has 8 aromatic carbocycles.